The van der Waals surface area contributed by atoms with Gasteiger partial charge in [0.05, 0.1) is 23.1 Å². The molecule has 0 atom stereocenters. The van der Waals surface area contributed by atoms with Crippen molar-refractivity contribution < 1.29 is 4.52 Å². The van der Waals surface area contributed by atoms with Gasteiger partial charge in [0.25, 0.3) is 0 Å². The van der Waals surface area contributed by atoms with E-state index in [1.54, 1.807) is 0 Å². The summed E-state index contributed by atoms with van der Waals surface area (Å²) in [6, 6.07) is 6.34. The third kappa shape index (κ3) is 2.84. The van der Waals surface area contributed by atoms with Crippen LogP contribution in [-0.2, 0) is 6.54 Å². The van der Waals surface area contributed by atoms with E-state index >= 15 is 0 Å². The van der Waals surface area contributed by atoms with Crippen molar-refractivity contribution in [3.05, 3.63) is 71.4 Å². The molecule has 0 saturated carbocycles. The zero-order valence-corrected chi connectivity index (χ0v) is 14.8. The first-order valence-corrected chi connectivity index (χ1v) is 8.54. The first kappa shape index (κ1) is 15.6. The van der Waals surface area contributed by atoms with E-state index in [1.165, 1.54) is 11.1 Å². The number of imidazole rings is 1. The van der Waals surface area contributed by atoms with E-state index in [0.29, 0.717) is 0 Å². The molecule has 1 aromatic carbocycles. The Balaban J connectivity index is 1.77. The second-order valence-electron chi connectivity index (χ2n) is 6.52. The summed E-state index contributed by atoms with van der Waals surface area (Å²) in [5.74, 6) is 0.846. The van der Waals surface area contributed by atoms with Gasteiger partial charge in [-0.25, -0.2) is 4.98 Å². The Kier molecular flexibility index (Phi) is 3.88. The van der Waals surface area contributed by atoms with Crippen molar-refractivity contribution in [2.45, 2.75) is 33.7 Å². The molecule has 0 amide bonds. The molecule has 4 heteroatoms. The number of benzene rings is 1. The van der Waals surface area contributed by atoms with E-state index in [2.05, 4.69) is 64.1 Å². The Hall–Kier alpha value is -2.88. The van der Waals surface area contributed by atoms with Crippen LogP contribution in [0.25, 0.3) is 22.2 Å². The fourth-order valence-corrected chi connectivity index (χ4v) is 3.36. The van der Waals surface area contributed by atoms with Crippen molar-refractivity contribution in [2.75, 3.05) is 0 Å². The standard InChI is InChI=1S/C21H21N3O/c1-14-7-5-4-6-8-18(14)12-24-13-22-19-10-9-17(11-20(19)24)21-15(2)23-25-16(21)3/h4,6-11,13H,5,12H2,1-3H3. The summed E-state index contributed by atoms with van der Waals surface area (Å²) in [4.78, 5) is 4.56. The average molecular weight is 331 g/mol. The van der Waals surface area contributed by atoms with Gasteiger partial charge in [-0.1, -0.05) is 35.5 Å². The van der Waals surface area contributed by atoms with E-state index in [4.69, 9.17) is 4.52 Å². The summed E-state index contributed by atoms with van der Waals surface area (Å²) in [5, 5.41) is 4.08. The van der Waals surface area contributed by atoms with Crippen molar-refractivity contribution in [2.24, 2.45) is 0 Å². The lowest BCUT2D eigenvalue weighted by Crippen LogP contribution is -2.01. The molecule has 1 aliphatic rings. The lowest BCUT2D eigenvalue weighted by Gasteiger charge is -2.10. The van der Waals surface area contributed by atoms with Gasteiger partial charge in [0.2, 0.25) is 0 Å². The van der Waals surface area contributed by atoms with E-state index in [9.17, 15) is 0 Å². The number of rotatable bonds is 3. The molecule has 0 saturated heterocycles. The highest BCUT2D eigenvalue weighted by Crippen LogP contribution is 2.30. The van der Waals surface area contributed by atoms with Gasteiger partial charge in [0, 0.05) is 12.1 Å². The van der Waals surface area contributed by atoms with E-state index < -0.39 is 0 Å². The Morgan fingerprint density at radius 2 is 2.08 bits per heavy atom. The molecule has 3 aromatic rings. The fraction of sp³-hybridized carbons (Fsp3) is 0.238. The van der Waals surface area contributed by atoms with Crippen LogP contribution in [0.15, 0.2) is 64.5 Å². The van der Waals surface area contributed by atoms with Crippen molar-refractivity contribution in [1.29, 1.82) is 0 Å². The Bertz CT molecular complexity index is 1010. The third-order valence-electron chi connectivity index (χ3n) is 4.78. The molecule has 126 valence electrons. The molecular weight excluding hydrogens is 310 g/mol. The minimum Gasteiger partial charge on any atom is -0.361 e. The van der Waals surface area contributed by atoms with Gasteiger partial charge in [-0.15, -0.1) is 0 Å². The van der Waals surface area contributed by atoms with Crippen LogP contribution in [0.2, 0.25) is 0 Å². The SMILES string of the molecule is CC1=CCC=CC=C1Cn1cnc2ccc(-c3c(C)noc3C)cc21. The summed E-state index contributed by atoms with van der Waals surface area (Å²) >= 11 is 0. The first-order valence-electron chi connectivity index (χ1n) is 8.54. The molecule has 1 aliphatic carbocycles. The maximum Gasteiger partial charge on any atom is 0.141 e. The summed E-state index contributed by atoms with van der Waals surface area (Å²) in [5.41, 5.74) is 7.87. The van der Waals surface area contributed by atoms with Gasteiger partial charge >= 0.3 is 0 Å². The molecule has 2 heterocycles. The van der Waals surface area contributed by atoms with Gasteiger partial charge in [0.1, 0.15) is 5.76 Å². The lowest BCUT2D eigenvalue weighted by atomic mass is 10.0. The Morgan fingerprint density at radius 3 is 2.88 bits per heavy atom. The van der Waals surface area contributed by atoms with Crippen LogP contribution in [0.5, 0.6) is 0 Å². The quantitative estimate of drug-likeness (QED) is 0.667. The molecule has 0 unspecified atom stereocenters. The smallest absolute Gasteiger partial charge is 0.141 e. The molecule has 4 rings (SSSR count). The van der Waals surface area contributed by atoms with Crippen molar-refractivity contribution in [3.63, 3.8) is 0 Å². The minimum absolute atomic E-state index is 0.814. The van der Waals surface area contributed by atoms with Crippen LogP contribution in [0.1, 0.15) is 24.8 Å². The van der Waals surface area contributed by atoms with Gasteiger partial charge in [0.15, 0.2) is 0 Å². The normalized spacial score (nSPS) is 14.5. The topological polar surface area (TPSA) is 43.9 Å². The zero-order chi connectivity index (χ0) is 17.4. The predicted molar refractivity (Wildman–Crippen MR) is 100 cm³/mol. The van der Waals surface area contributed by atoms with Gasteiger partial charge < -0.3 is 9.09 Å². The second kappa shape index (κ2) is 6.20. The molecule has 0 N–H and O–H groups in total. The predicted octanol–water partition coefficient (Wildman–Crippen LogP) is 5.14. The number of hydrogen-bond donors (Lipinski definition) is 0. The maximum atomic E-state index is 5.33. The van der Waals surface area contributed by atoms with E-state index in [-0.39, 0.29) is 0 Å². The third-order valence-corrected chi connectivity index (χ3v) is 4.78. The molecule has 0 spiro atoms. The molecule has 25 heavy (non-hydrogen) atoms. The summed E-state index contributed by atoms with van der Waals surface area (Å²) < 4.78 is 7.53. The number of hydrogen-bond acceptors (Lipinski definition) is 3. The van der Waals surface area contributed by atoms with Crippen molar-refractivity contribution in [1.82, 2.24) is 14.7 Å². The maximum absolute atomic E-state index is 5.33. The van der Waals surface area contributed by atoms with Crippen molar-refractivity contribution >= 4 is 11.0 Å². The number of aryl methyl sites for hydroxylation is 2. The van der Waals surface area contributed by atoms with Crippen LogP contribution in [0, 0.1) is 13.8 Å². The summed E-state index contributed by atoms with van der Waals surface area (Å²) in [6.45, 7) is 6.92. The highest BCUT2D eigenvalue weighted by molar-refractivity contribution is 5.83. The molecule has 0 radical (unpaired) electrons. The Morgan fingerprint density at radius 1 is 1.20 bits per heavy atom. The monoisotopic (exact) mass is 331 g/mol. The summed E-state index contributed by atoms with van der Waals surface area (Å²) in [7, 11) is 0. The van der Waals surface area contributed by atoms with Gasteiger partial charge in [-0.3, -0.25) is 0 Å². The van der Waals surface area contributed by atoms with Crippen LogP contribution in [-0.4, -0.2) is 14.7 Å². The molecule has 4 nitrogen and oxygen atoms in total. The number of nitrogens with zero attached hydrogens (tertiary/aromatic N) is 3. The molecule has 0 fully saturated rings. The second-order valence-corrected chi connectivity index (χ2v) is 6.52. The van der Waals surface area contributed by atoms with Crippen LogP contribution in [0.3, 0.4) is 0 Å². The molecule has 0 bridgehead atoms. The highest BCUT2D eigenvalue weighted by atomic mass is 16.5. The van der Waals surface area contributed by atoms with Gasteiger partial charge in [-0.05, 0) is 56.0 Å². The minimum atomic E-state index is 0.814. The highest BCUT2D eigenvalue weighted by Gasteiger charge is 2.14. The largest absolute Gasteiger partial charge is 0.361 e. The first-order chi connectivity index (χ1) is 12.1. The fourth-order valence-electron chi connectivity index (χ4n) is 3.36. The lowest BCUT2D eigenvalue weighted by molar-refractivity contribution is 0.393. The van der Waals surface area contributed by atoms with Gasteiger partial charge in [-0.2, -0.15) is 0 Å². The van der Waals surface area contributed by atoms with Crippen LogP contribution >= 0.6 is 0 Å². The molecule has 0 aliphatic heterocycles. The van der Waals surface area contributed by atoms with Crippen LogP contribution < -0.4 is 0 Å². The number of fused-ring (bicyclic) bond motifs is 1. The zero-order valence-electron chi connectivity index (χ0n) is 14.8. The molecule has 2 aromatic heterocycles. The van der Waals surface area contributed by atoms with E-state index in [0.717, 1.165) is 46.6 Å². The average Bonchev–Trinajstić information content (AvgIpc) is 3.08. The Labute approximate surface area is 147 Å². The number of allylic oxidation sites excluding steroid dienone is 6. The van der Waals surface area contributed by atoms with Crippen LogP contribution in [0.4, 0.5) is 0 Å². The van der Waals surface area contributed by atoms with E-state index in [1.807, 2.05) is 20.2 Å². The number of aromatic nitrogens is 3. The molecular formula is C21H21N3O. The van der Waals surface area contributed by atoms with Crippen molar-refractivity contribution in [3.8, 4) is 11.1 Å². The summed E-state index contributed by atoms with van der Waals surface area (Å²) in [6.07, 6.45) is 11.7.